The summed E-state index contributed by atoms with van der Waals surface area (Å²) in [7, 11) is 4.13. The average molecular weight is 441 g/mol. The van der Waals surface area contributed by atoms with Gasteiger partial charge in [-0.15, -0.1) is 0 Å². The number of benzene rings is 3. The van der Waals surface area contributed by atoms with Gasteiger partial charge in [-0.25, -0.2) is 0 Å². The van der Waals surface area contributed by atoms with Crippen molar-refractivity contribution in [2.75, 3.05) is 40.3 Å². The number of nitrogens with zero attached hydrogens (tertiary/aromatic N) is 2. The van der Waals surface area contributed by atoms with E-state index in [1.54, 1.807) is 0 Å². The highest BCUT2D eigenvalue weighted by Crippen LogP contribution is 2.37. The normalized spacial score (nSPS) is 16.0. The molecule has 0 bridgehead atoms. The minimum absolute atomic E-state index is 0.334. The van der Waals surface area contributed by atoms with Gasteiger partial charge in [-0.1, -0.05) is 72.8 Å². The molecule has 1 heterocycles. The van der Waals surface area contributed by atoms with Crippen LogP contribution >= 0.6 is 0 Å². The van der Waals surface area contributed by atoms with Crippen molar-refractivity contribution in [2.45, 2.75) is 25.8 Å². The second-order valence-corrected chi connectivity index (χ2v) is 9.12. The summed E-state index contributed by atoms with van der Waals surface area (Å²) in [5, 5.41) is 0. The van der Waals surface area contributed by atoms with Crippen LogP contribution in [0.15, 0.2) is 84.9 Å². The highest BCUT2D eigenvalue weighted by Gasteiger charge is 2.26. The first kappa shape index (κ1) is 23.3. The van der Waals surface area contributed by atoms with Crippen molar-refractivity contribution in [3.63, 3.8) is 0 Å². The van der Waals surface area contributed by atoms with Gasteiger partial charge in [-0.3, -0.25) is 4.90 Å². The topological polar surface area (TPSA) is 15.7 Å². The molecule has 4 rings (SSSR count). The Kier molecular flexibility index (Phi) is 7.98. The summed E-state index contributed by atoms with van der Waals surface area (Å²) in [5.74, 6) is 0.918. The molecule has 1 fully saturated rings. The summed E-state index contributed by atoms with van der Waals surface area (Å²) < 4.78 is 5.97. The van der Waals surface area contributed by atoms with Gasteiger partial charge in [0.15, 0.2) is 0 Å². The van der Waals surface area contributed by atoms with E-state index in [-0.39, 0.29) is 0 Å². The molecule has 172 valence electrons. The number of rotatable bonds is 9. The fourth-order valence-electron chi connectivity index (χ4n) is 4.67. The lowest BCUT2D eigenvalue weighted by Crippen LogP contribution is -2.31. The lowest BCUT2D eigenvalue weighted by Gasteiger charge is -2.30. The molecule has 0 saturated carbocycles. The SMILES string of the molecule is CC(/C(=C(\c1ccccc1)c1ccc(OCCN(C)C)cc1)c1ccccc1)N1CCCC1. The smallest absolute Gasteiger partial charge is 0.119 e. The maximum atomic E-state index is 5.97. The fourth-order valence-corrected chi connectivity index (χ4v) is 4.67. The van der Waals surface area contributed by atoms with Crippen LogP contribution in [0, 0.1) is 0 Å². The largest absolute Gasteiger partial charge is 0.492 e. The van der Waals surface area contributed by atoms with Crippen LogP contribution in [0.1, 0.15) is 36.5 Å². The van der Waals surface area contributed by atoms with E-state index in [1.165, 1.54) is 40.7 Å². The van der Waals surface area contributed by atoms with E-state index in [9.17, 15) is 0 Å². The molecule has 3 heteroatoms. The van der Waals surface area contributed by atoms with E-state index in [1.807, 2.05) is 0 Å². The Bertz CT molecular complexity index is 1020. The molecule has 0 aromatic heterocycles. The number of hydrogen-bond acceptors (Lipinski definition) is 3. The molecular weight excluding hydrogens is 404 g/mol. The van der Waals surface area contributed by atoms with E-state index in [0.717, 1.165) is 25.4 Å². The minimum atomic E-state index is 0.334. The summed E-state index contributed by atoms with van der Waals surface area (Å²) in [4.78, 5) is 4.76. The van der Waals surface area contributed by atoms with Gasteiger partial charge in [-0.05, 0) is 86.9 Å². The summed E-state index contributed by atoms with van der Waals surface area (Å²) in [6, 6.07) is 30.7. The third-order valence-electron chi connectivity index (χ3n) is 6.47. The first-order valence-corrected chi connectivity index (χ1v) is 12.1. The van der Waals surface area contributed by atoms with E-state index >= 15 is 0 Å². The second kappa shape index (κ2) is 11.3. The first-order valence-electron chi connectivity index (χ1n) is 12.1. The van der Waals surface area contributed by atoms with Gasteiger partial charge < -0.3 is 9.64 Å². The summed E-state index contributed by atoms with van der Waals surface area (Å²) >= 11 is 0. The van der Waals surface area contributed by atoms with Gasteiger partial charge >= 0.3 is 0 Å². The standard InChI is InChI=1S/C30H36N2O/c1-24(32-20-10-11-21-32)29(25-12-6-4-7-13-25)30(26-14-8-5-9-15-26)27-16-18-28(19-17-27)33-23-22-31(2)3/h4-9,12-19,24H,10-11,20-23H2,1-3H3/b30-29-. The molecule has 0 radical (unpaired) electrons. The number of ether oxygens (including phenoxy) is 1. The molecular formula is C30H36N2O. The quantitative estimate of drug-likeness (QED) is 0.376. The average Bonchev–Trinajstić information content (AvgIpc) is 3.39. The first-order chi connectivity index (χ1) is 16.1. The molecule has 3 aromatic rings. The lowest BCUT2D eigenvalue weighted by molar-refractivity contribution is 0.261. The number of hydrogen-bond donors (Lipinski definition) is 0. The van der Waals surface area contributed by atoms with Gasteiger partial charge in [0.05, 0.1) is 0 Å². The molecule has 0 amide bonds. The summed E-state index contributed by atoms with van der Waals surface area (Å²) in [6.07, 6.45) is 2.57. The third kappa shape index (κ3) is 5.93. The highest BCUT2D eigenvalue weighted by molar-refractivity contribution is 6.00. The van der Waals surface area contributed by atoms with Crippen molar-refractivity contribution in [3.05, 3.63) is 102 Å². The van der Waals surface area contributed by atoms with Gasteiger partial charge in [0.2, 0.25) is 0 Å². The molecule has 1 aliphatic heterocycles. The Hall–Kier alpha value is -2.88. The van der Waals surface area contributed by atoms with Crippen LogP contribution in [0.3, 0.4) is 0 Å². The molecule has 1 atom stereocenters. The van der Waals surface area contributed by atoms with Crippen LogP contribution < -0.4 is 4.74 Å². The Morgan fingerprint density at radius 2 is 1.33 bits per heavy atom. The predicted molar refractivity (Wildman–Crippen MR) is 140 cm³/mol. The van der Waals surface area contributed by atoms with Crippen molar-refractivity contribution in [3.8, 4) is 5.75 Å². The van der Waals surface area contributed by atoms with Crippen LogP contribution in [0.4, 0.5) is 0 Å². The van der Waals surface area contributed by atoms with Crippen molar-refractivity contribution >= 4 is 11.1 Å². The van der Waals surface area contributed by atoms with Crippen LogP contribution in [0.25, 0.3) is 11.1 Å². The Labute approximate surface area is 199 Å². The molecule has 0 N–H and O–H groups in total. The Morgan fingerprint density at radius 1 is 0.788 bits per heavy atom. The van der Waals surface area contributed by atoms with Gasteiger partial charge in [-0.2, -0.15) is 0 Å². The zero-order valence-electron chi connectivity index (χ0n) is 20.2. The molecule has 3 aromatic carbocycles. The molecule has 0 aliphatic carbocycles. The van der Waals surface area contributed by atoms with Gasteiger partial charge in [0, 0.05) is 12.6 Å². The maximum absolute atomic E-state index is 5.97. The zero-order chi connectivity index (χ0) is 23.0. The van der Waals surface area contributed by atoms with Crippen LogP contribution in [-0.4, -0.2) is 56.2 Å². The van der Waals surface area contributed by atoms with E-state index < -0.39 is 0 Å². The minimum Gasteiger partial charge on any atom is -0.492 e. The van der Waals surface area contributed by atoms with Crippen LogP contribution in [-0.2, 0) is 0 Å². The Morgan fingerprint density at radius 3 is 1.91 bits per heavy atom. The fraction of sp³-hybridized carbons (Fsp3) is 0.333. The van der Waals surface area contributed by atoms with Gasteiger partial charge in [0.25, 0.3) is 0 Å². The summed E-state index contributed by atoms with van der Waals surface area (Å²) in [5.41, 5.74) is 6.47. The molecule has 0 spiro atoms. The maximum Gasteiger partial charge on any atom is 0.119 e. The summed E-state index contributed by atoms with van der Waals surface area (Å²) in [6.45, 7) is 6.29. The molecule has 3 nitrogen and oxygen atoms in total. The molecule has 1 saturated heterocycles. The van der Waals surface area contributed by atoms with Crippen LogP contribution in [0.5, 0.6) is 5.75 Å². The third-order valence-corrected chi connectivity index (χ3v) is 6.47. The zero-order valence-corrected chi connectivity index (χ0v) is 20.2. The monoisotopic (exact) mass is 440 g/mol. The van der Waals surface area contributed by atoms with Crippen molar-refractivity contribution in [1.82, 2.24) is 9.80 Å². The molecule has 1 aliphatic rings. The number of likely N-dealkylation sites (N-methyl/N-ethyl adjacent to an activating group) is 1. The van der Waals surface area contributed by atoms with Gasteiger partial charge in [0.1, 0.15) is 12.4 Å². The lowest BCUT2D eigenvalue weighted by atomic mass is 9.85. The van der Waals surface area contributed by atoms with Crippen LogP contribution in [0.2, 0.25) is 0 Å². The van der Waals surface area contributed by atoms with E-state index in [0.29, 0.717) is 12.6 Å². The van der Waals surface area contributed by atoms with E-state index in [4.69, 9.17) is 4.74 Å². The Balaban J connectivity index is 1.80. The van der Waals surface area contributed by atoms with E-state index in [2.05, 4.69) is 116 Å². The van der Waals surface area contributed by atoms with Crippen molar-refractivity contribution < 1.29 is 4.74 Å². The van der Waals surface area contributed by atoms with Crippen molar-refractivity contribution in [1.29, 1.82) is 0 Å². The predicted octanol–water partition coefficient (Wildman–Crippen LogP) is 6.07. The number of likely N-dealkylation sites (tertiary alicyclic amines) is 1. The highest BCUT2D eigenvalue weighted by atomic mass is 16.5. The molecule has 33 heavy (non-hydrogen) atoms. The second-order valence-electron chi connectivity index (χ2n) is 9.12. The molecule has 1 unspecified atom stereocenters. The van der Waals surface area contributed by atoms with Crippen molar-refractivity contribution in [2.24, 2.45) is 0 Å².